The van der Waals surface area contributed by atoms with Crippen molar-refractivity contribution in [1.82, 2.24) is 9.62 Å². The Morgan fingerprint density at radius 1 is 1.04 bits per heavy atom. The van der Waals surface area contributed by atoms with Crippen LogP contribution in [0.4, 0.5) is 0 Å². The van der Waals surface area contributed by atoms with Gasteiger partial charge in [0.2, 0.25) is 10.0 Å². The fourth-order valence-electron chi connectivity index (χ4n) is 2.47. The predicted molar refractivity (Wildman–Crippen MR) is 104 cm³/mol. The number of ether oxygens (including phenoxy) is 2. The Bertz CT molecular complexity index is 869. The normalized spacial score (nSPS) is 11.3. The molecule has 0 unspecified atom stereocenters. The van der Waals surface area contributed by atoms with Gasteiger partial charge in [-0.1, -0.05) is 30.3 Å². The molecule has 0 aromatic heterocycles. The second-order valence-electron chi connectivity index (χ2n) is 5.88. The van der Waals surface area contributed by atoms with E-state index in [-0.39, 0.29) is 24.7 Å². The lowest BCUT2D eigenvalue weighted by molar-refractivity contribution is 0.0955. The molecule has 27 heavy (non-hydrogen) atoms. The molecule has 0 aliphatic rings. The van der Waals surface area contributed by atoms with Crippen molar-refractivity contribution in [1.29, 1.82) is 0 Å². The molecule has 0 radical (unpaired) electrons. The van der Waals surface area contributed by atoms with Crippen LogP contribution in [0.1, 0.15) is 15.9 Å². The average molecular weight is 392 g/mol. The fraction of sp³-hybridized carbons (Fsp3) is 0.316. The van der Waals surface area contributed by atoms with E-state index in [1.807, 2.05) is 30.3 Å². The van der Waals surface area contributed by atoms with Crippen LogP contribution in [0.3, 0.4) is 0 Å². The quantitative estimate of drug-likeness (QED) is 0.705. The number of hydrogen-bond donors (Lipinski definition) is 1. The minimum absolute atomic E-state index is 0.00857. The molecule has 0 heterocycles. The summed E-state index contributed by atoms with van der Waals surface area (Å²) >= 11 is 0. The van der Waals surface area contributed by atoms with Crippen LogP contribution >= 0.6 is 0 Å². The molecule has 0 saturated carbocycles. The first-order valence-electron chi connectivity index (χ1n) is 8.35. The topological polar surface area (TPSA) is 84.9 Å². The SMILES string of the molecule is COc1ccc(C(=O)NCCS(=O)(=O)N(C)Cc2ccccc2)cc1OC. The third-order valence-electron chi connectivity index (χ3n) is 4.01. The summed E-state index contributed by atoms with van der Waals surface area (Å²) in [4.78, 5) is 12.2. The van der Waals surface area contributed by atoms with Crippen molar-refractivity contribution >= 4 is 15.9 Å². The molecule has 0 bridgehead atoms. The van der Waals surface area contributed by atoms with E-state index in [9.17, 15) is 13.2 Å². The number of rotatable bonds is 9. The zero-order valence-electron chi connectivity index (χ0n) is 15.6. The first-order valence-corrected chi connectivity index (χ1v) is 9.96. The zero-order chi connectivity index (χ0) is 19.9. The van der Waals surface area contributed by atoms with Crippen molar-refractivity contribution in [3.8, 4) is 11.5 Å². The number of carbonyl (C=O) groups excluding carboxylic acids is 1. The van der Waals surface area contributed by atoms with Crippen molar-refractivity contribution in [3.63, 3.8) is 0 Å². The summed E-state index contributed by atoms with van der Waals surface area (Å²) in [6, 6.07) is 14.1. The smallest absolute Gasteiger partial charge is 0.251 e. The molecule has 0 fully saturated rings. The first-order chi connectivity index (χ1) is 12.9. The Morgan fingerprint density at radius 2 is 1.70 bits per heavy atom. The van der Waals surface area contributed by atoms with Gasteiger partial charge in [-0.25, -0.2) is 12.7 Å². The predicted octanol–water partition coefficient (Wildman–Crippen LogP) is 1.90. The highest BCUT2D eigenvalue weighted by molar-refractivity contribution is 7.89. The van der Waals surface area contributed by atoms with Gasteiger partial charge in [-0.05, 0) is 23.8 Å². The van der Waals surface area contributed by atoms with Gasteiger partial charge in [0.05, 0.1) is 20.0 Å². The summed E-state index contributed by atoms with van der Waals surface area (Å²) in [7, 11) is 1.03. The van der Waals surface area contributed by atoms with E-state index in [2.05, 4.69) is 5.32 Å². The van der Waals surface area contributed by atoms with Crippen LogP contribution in [-0.4, -0.2) is 52.2 Å². The van der Waals surface area contributed by atoms with Crippen molar-refractivity contribution in [3.05, 3.63) is 59.7 Å². The average Bonchev–Trinajstić information content (AvgIpc) is 2.67. The molecule has 0 atom stereocenters. The molecular weight excluding hydrogens is 368 g/mol. The number of nitrogens with one attached hydrogen (secondary N) is 1. The van der Waals surface area contributed by atoms with Crippen LogP contribution in [0.25, 0.3) is 0 Å². The molecule has 8 heteroatoms. The molecule has 1 N–H and O–H groups in total. The van der Waals surface area contributed by atoms with Crippen LogP contribution in [0.5, 0.6) is 11.5 Å². The molecule has 0 aliphatic heterocycles. The third kappa shape index (κ3) is 5.70. The number of carbonyl (C=O) groups is 1. The van der Waals surface area contributed by atoms with Gasteiger partial charge >= 0.3 is 0 Å². The Labute approximate surface area is 160 Å². The maximum absolute atomic E-state index is 12.4. The van der Waals surface area contributed by atoms with Crippen molar-refractivity contribution < 1.29 is 22.7 Å². The summed E-state index contributed by atoms with van der Waals surface area (Å²) in [5, 5.41) is 2.62. The fourth-order valence-corrected chi connectivity index (χ4v) is 3.49. The Hall–Kier alpha value is -2.58. The molecule has 0 aliphatic carbocycles. The third-order valence-corrected chi connectivity index (χ3v) is 5.81. The molecular formula is C19H24N2O5S. The summed E-state index contributed by atoms with van der Waals surface area (Å²) in [5.41, 5.74) is 1.26. The minimum atomic E-state index is -3.49. The van der Waals surface area contributed by atoms with E-state index in [1.54, 1.807) is 18.2 Å². The molecule has 146 valence electrons. The van der Waals surface area contributed by atoms with Gasteiger partial charge < -0.3 is 14.8 Å². The standard InChI is InChI=1S/C19H24N2O5S/c1-21(14-15-7-5-4-6-8-15)27(23,24)12-11-20-19(22)16-9-10-17(25-2)18(13-16)26-3/h4-10,13H,11-12,14H2,1-3H3,(H,20,22). The van der Waals surface area contributed by atoms with Crippen molar-refractivity contribution in [2.24, 2.45) is 0 Å². The largest absolute Gasteiger partial charge is 0.493 e. The van der Waals surface area contributed by atoms with Crippen LogP contribution in [-0.2, 0) is 16.6 Å². The number of benzene rings is 2. The van der Waals surface area contributed by atoms with E-state index in [1.165, 1.54) is 25.6 Å². The summed E-state index contributed by atoms with van der Waals surface area (Å²) < 4.78 is 36.3. The second-order valence-corrected chi connectivity index (χ2v) is 8.08. The minimum Gasteiger partial charge on any atom is -0.493 e. The van der Waals surface area contributed by atoms with Gasteiger partial charge in [-0.2, -0.15) is 0 Å². The van der Waals surface area contributed by atoms with Gasteiger partial charge in [-0.15, -0.1) is 0 Å². The molecule has 0 saturated heterocycles. The highest BCUT2D eigenvalue weighted by Gasteiger charge is 2.18. The van der Waals surface area contributed by atoms with Gasteiger partial charge in [0.15, 0.2) is 11.5 Å². The number of hydrogen-bond acceptors (Lipinski definition) is 5. The van der Waals surface area contributed by atoms with Crippen molar-refractivity contribution in [2.45, 2.75) is 6.54 Å². The van der Waals surface area contributed by atoms with E-state index < -0.39 is 10.0 Å². The van der Waals surface area contributed by atoms with E-state index in [4.69, 9.17) is 9.47 Å². The maximum atomic E-state index is 12.4. The van der Waals surface area contributed by atoms with Gasteiger partial charge in [0.25, 0.3) is 5.91 Å². The van der Waals surface area contributed by atoms with E-state index in [0.717, 1.165) is 5.56 Å². The number of nitrogens with zero attached hydrogens (tertiary/aromatic N) is 1. The van der Waals surface area contributed by atoms with Crippen LogP contribution in [0.2, 0.25) is 0 Å². The zero-order valence-corrected chi connectivity index (χ0v) is 16.5. The van der Waals surface area contributed by atoms with Crippen molar-refractivity contribution in [2.75, 3.05) is 33.6 Å². The Morgan fingerprint density at radius 3 is 2.33 bits per heavy atom. The first kappa shape index (κ1) is 20.7. The van der Waals surface area contributed by atoms with Crippen LogP contribution < -0.4 is 14.8 Å². The number of amides is 1. The van der Waals surface area contributed by atoms with E-state index in [0.29, 0.717) is 17.1 Å². The van der Waals surface area contributed by atoms with Gasteiger partial charge in [0, 0.05) is 25.7 Å². The Kier molecular flexibility index (Phi) is 7.20. The molecule has 2 aromatic carbocycles. The number of methoxy groups -OCH3 is 2. The Balaban J connectivity index is 1.91. The summed E-state index contributed by atoms with van der Waals surface area (Å²) in [6.45, 7) is 0.293. The summed E-state index contributed by atoms with van der Waals surface area (Å²) in [6.07, 6.45) is 0. The molecule has 0 spiro atoms. The lowest BCUT2D eigenvalue weighted by Gasteiger charge is -2.17. The summed E-state index contributed by atoms with van der Waals surface area (Å²) in [5.74, 6) is 0.381. The molecule has 2 aromatic rings. The van der Waals surface area contributed by atoms with Crippen LogP contribution in [0, 0.1) is 0 Å². The van der Waals surface area contributed by atoms with E-state index >= 15 is 0 Å². The highest BCUT2D eigenvalue weighted by atomic mass is 32.2. The van der Waals surface area contributed by atoms with Gasteiger partial charge in [0.1, 0.15) is 0 Å². The monoisotopic (exact) mass is 392 g/mol. The second kappa shape index (κ2) is 9.38. The van der Waals surface area contributed by atoms with Gasteiger partial charge in [-0.3, -0.25) is 4.79 Å². The van der Waals surface area contributed by atoms with Crippen LogP contribution in [0.15, 0.2) is 48.5 Å². The molecule has 2 rings (SSSR count). The highest BCUT2D eigenvalue weighted by Crippen LogP contribution is 2.27. The lowest BCUT2D eigenvalue weighted by Crippen LogP contribution is -2.35. The number of sulfonamides is 1. The molecule has 1 amide bonds. The lowest BCUT2D eigenvalue weighted by atomic mass is 10.2. The maximum Gasteiger partial charge on any atom is 0.251 e. The molecule has 7 nitrogen and oxygen atoms in total.